The summed E-state index contributed by atoms with van der Waals surface area (Å²) in [7, 11) is 3.21. The van der Waals surface area contributed by atoms with Crippen LogP contribution in [0.15, 0.2) is 84.9 Å². The van der Waals surface area contributed by atoms with Crippen LogP contribution in [0.1, 0.15) is 45.0 Å². The lowest BCUT2D eigenvalue weighted by Crippen LogP contribution is -2.22. The van der Waals surface area contributed by atoms with Gasteiger partial charge in [0.1, 0.15) is 17.2 Å². The first-order chi connectivity index (χ1) is 20.1. The number of methoxy groups -OCH3 is 2. The number of carbonyl (C=O) groups is 2. The molecule has 6 rings (SSSR count). The number of fused-ring (bicyclic) bond motifs is 3. The van der Waals surface area contributed by atoms with Gasteiger partial charge in [-0.25, -0.2) is 0 Å². The molecule has 2 aliphatic rings. The fraction of sp³-hybridized carbons (Fsp3) is 0.182. The van der Waals surface area contributed by atoms with E-state index >= 15 is 0 Å². The molecule has 4 aromatic rings. The van der Waals surface area contributed by atoms with Gasteiger partial charge in [-0.2, -0.15) is 0 Å². The van der Waals surface area contributed by atoms with Crippen molar-refractivity contribution >= 4 is 17.8 Å². The zero-order valence-electron chi connectivity index (χ0n) is 22.6. The second-order valence-electron chi connectivity index (χ2n) is 9.64. The third-order valence-corrected chi connectivity index (χ3v) is 7.16. The van der Waals surface area contributed by atoms with Crippen molar-refractivity contribution in [1.29, 1.82) is 0 Å². The Morgan fingerprint density at radius 3 is 2.56 bits per heavy atom. The number of para-hydroxylation sites is 1. The molecule has 1 aromatic heterocycles. The van der Waals surface area contributed by atoms with Crippen LogP contribution in [0.2, 0.25) is 0 Å². The molecule has 0 fully saturated rings. The summed E-state index contributed by atoms with van der Waals surface area (Å²) < 4.78 is 29.0. The molecule has 2 aliphatic heterocycles. The highest BCUT2D eigenvalue weighted by Gasteiger charge is 2.39. The predicted octanol–water partition coefficient (Wildman–Crippen LogP) is 5.78. The van der Waals surface area contributed by atoms with Gasteiger partial charge in [0.2, 0.25) is 5.78 Å². The van der Waals surface area contributed by atoms with Gasteiger partial charge in [0.15, 0.2) is 17.3 Å². The Kier molecular flexibility index (Phi) is 7.12. The maximum Gasteiger partial charge on any atom is 0.312 e. The number of ketones is 1. The number of Topliss-reactive ketones (excluding diaryl/α,β-unsaturated/α-hetero) is 1. The Balaban J connectivity index is 1.36. The number of esters is 1. The van der Waals surface area contributed by atoms with E-state index in [9.17, 15) is 9.59 Å². The summed E-state index contributed by atoms with van der Waals surface area (Å²) in [6.45, 7) is 0.379. The molecule has 3 heterocycles. The number of ether oxygens (including phenoxy) is 5. The number of aromatic nitrogens is 1. The molecule has 0 saturated carbocycles. The predicted molar refractivity (Wildman–Crippen MR) is 151 cm³/mol. The van der Waals surface area contributed by atoms with Crippen LogP contribution in [0.4, 0.5) is 0 Å². The van der Waals surface area contributed by atoms with E-state index in [2.05, 4.69) is 4.98 Å². The van der Waals surface area contributed by atoms with Crippen molar-refractivity contribution in [3.05, 3.63) is 113 Å². The first-order valence-corrected chi connectivity index (χ1v) is 13.2. The maximum absolute atomic E-state index is 13.3. The van der Waals surface area contributed by atoms with Crippen molar-refractivity contribution in [2.24, 2.45) is 0 Å². The van der Waals surface area contributed by atoms with Gasteiger partial charge in [0, 0.05) is 35.9 Å². The highest BCUT2D eigenvalue weighted by molar-refractivity contribution is 6.15. The first-order valence-electron chi connectivity index (χ1n) is 13.2. The van der Waals surface area contributed by atoms with Gasteiger partial charge in [-0.15, -0.1) is 0 Å². The lowest BCUT2D eigenvalue weighted by atomic mass is 9.84. The Morgan fingerprint density at radius 1 is 0.951 bits per heavy atom. The summed E-state index contributed by atoms with van der Waals surface area (Å²) in [4.78, 5) is 30.2. The molecule has 1 atom stereocenters. The molecule has 0 N–H and O–H groups in total. The zero-order valence-corrected chi connectivity index (χ0v) is 22.6. The third-order valence-electron chi connectivity index (χ3n) is 7.16. The van der Waals surface area contributed by atoms with Crippen molar-refractivity contribution in [3.63, 3.8) is 0 Å². The number of hydrogen-bond donors (Lipinski definition) is 0. The Hall–Kier alpha value is -5.11. The van der Waals surface area contributed by atoms with Gasteiger partial charge in [0.05, 0.1) is 32.8 Å². The van der Waals surface area contributed by atoms with Crippen LogP contribution in [0.3, 0.4) is 0 Å². The van der Waals surface area contributed by atoms with E-state index < -0.39 is 5.92 Å². The number of allylic oxidation sites excluding steroid dienone is 1. The van der Waals surface area contributed by atoms with Crippen molar-refractivity contribution in [2.45, 2.75) is 18.8 Å². The van der Waals surface area contributed by atoms with E-state index in [0.29, 0.717) is 47.2 Å². The summed E-state index contributed by atoms with van der Waals surface area (Å²) >= 11 is 0. The topological polar surface area (TPSA) is 93.2 Å². The second kappa shape index (κ2) is 11.2. The normalized spacial score (nSPS) is 16.4. The number of hydrogen-bond acceptors (Lipinski definition) is 8. The quantitative estimate of drug-likeness (QED) is 0.155. The summed E-state index contributed by atoms with van der Waals surface area (Å²) in [5.74, 6) is 1.66. The number of carbonyl (C=O) groups excluding carboxylic acids is 2. The smallest absolute Gasteiger partial charge is 0.312 e. The second-order valence-corrected chi connectivity index (χ2v) is 9.64. The van der Waals surface area contributed by atoms with Gasteiger partial charge in [-0.1, -0.05) is 30.3 Å². The zero-order chi connectivity index (χ0) is 28.3. The van der Waals surface area contributed by atoms with E-state index in [1.165, 1.54) is 0 Å². The van der Waals surface area contributed by atoms with Gasteiger partial charge in [-0.05, 0) is 53.6 Å². The van der Waals surface area contributed by atoms with Crippen LogP contribution >= 0.6 is 0 Å². The fourth-order valence-corrected chi connectivity index (χ4v) is 5.17. The lowest BCUT2D eigenvalue weighted by Gasteiger charge is -2.28. The average molecular weight is 550 g/mol. The SMILES string of the molecule is COc1ccc(CCOc2c(OC)cccc2[C@@H]2CC(=O)Oc3ccc4c(c32)O/C(=C\c2cccnc2)C4=O)cc1. The van der Waals surface area contributed by atoms with Crippen molar-refractivity contribution in [2.75, 3.05) is 20.8 Å². The van der Waals surface area contributed by atoms with Crippen LogP contribution in [0, 0.1) is 0 Å². The Bertz CT molecular complexity index is 1640. The number of benzene rings is 3. The summed E-state index contributed by atoms with van der Waals surface area (Å²) in [5, 5.41) is 0. The first kappa shape index (κ1) is 26.1. The largest absolute Gasteiger partial charge is 0.497 e. The monoisotopic (exact) mass is 549 g/mol. The molecule has 206 valence electrons. The highest BCUT2D eigenvalue weighted by atomic mass is 16.5. The summed E-state index contributed by atoms with van der Waals surface area (Å²) in [6, 6.07) is 20.3. The Labute approximate surface area is 237 Å². The molecule has 0 aliphatic carbocycles. The minimum absolute atomic E-state index is 0.0463. The van der Waals surface area contributed by atoms with E-state index in [-0.39, 0.29) is 23.9 Å². The number of nitrogens with zero attached hydrogens (tertiary/aromatic N) is 1. The molecular weight excluding hydrogens is 522 g/mol. The van der Waals surface area contributed by atoms with Gasteiger partial charge in [0.25, 0.3) is 0 Å². The molecular formula is C33H27NO7. The molecule has 8 nitrogen and oxygen atoms in total. The van der Waals surface area contributed by atoms with Crippen LogP contribution in [0.5, 0.6) is 28.7 Å². The molecule has 0 amide bonds. The molecule has 0 spiro atoms. The molecule has 3 aromatic carbocycles. The molecule has 0 radical (unpaired) electrons. The van der Waals surface area contributed by atoms with E-state index in [4.69, 9.17) is 23.7 Å². The highest BCUT2D eigenvalue weighted by Crippen LogP contribution is 2.51. The third kappa shape index (κ3) is 5.12. The van der Waals surface area contributed by atoms with Crippen LogP contribution < -0.4 is 23.7 Å². The Morgan fingerprint density at radius 2 is 1.80 bits per heavy atom. The summed E-state index contributed by atoms with van der Waals surface area (Å²) in [6.07, 6.45) is 5.67. The van der Waals surface area contributed by atoms with Crippen LogP contribution in [-0.4, -0.2) is 37.6 Å². The van der Waals surface area contributed by atoms with E-state index in [0.717, 1.165) is 22.4 Å². The minimum Gasteiger partial charge on any atom is -0.497 e. The standard InChI is InChI=1S/C33H27NO7/c1-37-22-10-8-20(9-11-22)14-16-39-32-23(6-3-7-27(32)38-2)25-18-29(35)40-26-13-12-24-31(36)28(41-33(24)30(25)26)17-21-5-4-15-34-19-21/h3-13,15,17,19,25H,14,16,18H2,1-2H3/b28-17-/t25-/m0/s1. The average Bonchev–Trinajstić information content (AvgIpc) is 3.32. The molecule has 8 heteroatoms. The molecule has 41 heavy (non-hydrogen) atoms. The minimum atomic E-state index is -0.488. The fourth-order valence-electron chi connectivity index (χ4n) is 5.17. The van der Waals surface area contributed by atoms with Crippen LogP contribution in [0.25, 0.3) is 6.08 Å². The molecule has 0 saturated heterocycles. The summed E-state index contributed by atoms with van der Waals surface area (Å²) in [5.41, 5.74) is 3.60. The van der Waals surface area contributed by atoms with Crippen LogP contribution in [-0.2, 0) is 11.2 Å². The van der Waals surface area contributed by atoms with E-state index in [1.54, 1.807) is 50.9 Å². The molecule has 0 unspecified atom stereocenters. The van der Waals surface area contributed by atoms with E-state index in [1.807, 2.05) is 48.5 Å². The molecule has 0 bridgehead atoms. The van der Waals surface area contributed by atoms with Crippen molar-refractivity contribution in [1.82, 2.24) is 4.98 Å². The number of rotatable bonds is 8. The van der Waals surface area contributed by atoms with Crippen molar-refractivity contribution < 1.29 is 33.3 Å². The lowest BCUT2D eigenvalue weighted by molar-refractivity contribution is -0.135. The van der Waals surface area contributed by atoms with Crippen molar-refractivity contribution in [3.8, 4) is 28.7 Å². The van der Waals surface area contributed by atoms with Gasteiger partial charge in [-0.3, -0.25) is 14.6 Å². The maximum atomic E-state index is 13.3. The van der Waals surface area contributed by atoms with Gasteiger partial charge < -0.3 is 23.7 Å². The number of pyridine rings is 1. The van der Waals surface area contributed by atoms with Gasteiger partial charge >= 0.3 is 5.97 Å².